The summed E-state index contributed by atoms with van der Waals surface area (Å²) in [6.07, 6.45) is 0. The Kier molecular flexibility index (Phi) is 3.10. The average molecular weight is 308 g/mol. The molecule has 0 radical (unpaired) electrons. The van der Waals surface area contributed by atoms with Crippen LogP contribution in [0.15, 0.2) is 42.5 Å². The van der Waals surface area contributed by atoms with E-state index in [1.54, 1.807) is 0 Å². The molecule has 0 atom stereocenters. The van der Waals surface area contributed by atoms with Gasteiger partial charge in [-0.3, -0.25) is 0 Å². The van der Waals surface area contributed by atoms with Crippen LogP contribution in [0.5, 0.6) is 0 Å². The number of rotatable bonds is 1. The number of benzene rings is 2. The molecule has 0 bridgehead atoms. The lowest BCUT2D eigenvalue weighted by Crippen LogP contribution is -1.87. The van der Waals surface area contributed by atoms with Crippen LogP contribution in [0.2, 0.25) is 0 Å². The lowest BCUT2D eigenvalue weighted by molar-refractivity contribution is 1.40. The standard InChI is InChI=1S/C14H13I/c1-10-5-3-4-6-13(10)14-9-12(15)8-7-11(14)2/h3-9H,1-2H3. The van der Waals surface area contributed by atoms with Gasteiger partial charge in [0, 0.05) is 3.57 Å². The quantitative estimate of drug-likeness (QED) is 0.677. The van der Waals surface area contributed by atoms with Crippen molar-refractivity contribution in [3.05, 3.63) is 57.2 Å². The molecule has 0 N–H and O–H groups in total. The minimum atomic E-state index is 1.29. The maximum atomic E-state index is 2.36. The molecule has 15 heavy (non-hydrogen) atoms. The molecule has 0 saturated carbocycles. The maximum absolute atomic E-state index is 2.36. The van der Waals surface area contributed by atoms with Gasteiger partial charge in [0.15, 0.2) is 0 Å². The van der Waals surface area contributed by atoms with Gasteiger partial charge in [-0.1, -0.05) is 30.3 Å². The van der Waals surface area contributed by atoms with Gasteiger partial charge in [-0.05, 0) is 70.8 Å². The lowest BCUT2D eigenvalue weighted by Gasteiger charge is -2.09. The zero-order valence-corrected chi connectivity index (χ0v) is 11.1. The molecule has 76 valence electrons. The fourth-order valence-corrected chi connectivity index (χ4v) is 2.25. The summed E-state index contributed by atoms with van der Waals surface area (Å²) in [6, 6.07) is 15.1. The first kappa shape index (κ1) is 10.7. The smallest absolute Gasteiger partial charge is 0.0136 e. The van der Waals surface area contributed by atoms with Crippen LogP contribution in [0.25, 0.3) is 11.1 Å². The van der Waals surface area contributed by atoms with Gasteiger partial charge < -0.3 is 0 Å². The summed E-state index contributed by atoms with van der Waals surface area (Å²) in [5.41, 5.74) is 5.36. The van der Waals surface area contributed by atoms with Crippen molar-refractivity contribution >= 4 is 22.6 Å². The first-order chi connectivity index (χ1) is 7.18. The summed E-state index contributed by atoms with van der Waals surface area (Å²) in [7, 11) is 0. The molecule has 0 fully saturated rings. The SMILES string of the molecule is Cc1ccccc1-c1cc(I)ccc1C. The summed E-state index contributed by atoms with van der Waals surface area (Å²) in [5.74, 6) is 0. The van der Waals surface area contributed by atoms with E-state index in [-0.39, 0.29) is 0 Å². The normalized spacial score (nSPS) is 10.3. The second-order valence-corrected chi connectivity index (χ2v) is 5.02. The van der Waals surface area contributed by atoms with E-state index < -0.39 is 0 Å². The number of halogens is 1. The van der Waals surface area contributed by atoms with Crippen molar-refractivity contribution in [2.45, 2.75) is 13.8 Å². The molecular weight excluding hydrogens is 295 g/mol. The van der Waals surface area contributed by atoms with Crippen molar-refractivity contribution in [1.29, 1.82) is 0 Å². The molecule has 0 spiro atoms. The highest BCUT2D eigenvalue weighted by Gasteiger charge is 2.04. The van der Waals surface area contributed by atoms with Crippen LogP contribution in [0.3, 0.4) is 0 Å². The Morgan fingerprint density at radius 3 is 2.20 bits per heavy atom. The van der Waals surface area contributed by atoms with Gasteiger partial charge in [0.2, 0.25) is 0 Å². The van der Waals surface area contributed by atoms with Gasteiger partial charge >= 0.3 is 0 Å². The average Bonchev–Trinajstić information content (AvgIpc) is 2.23. The highest BCUT2D eigenvalue weighted by atomic mass is 127. The Morgan fingerprint density at radius 1 is 0.800 bits per heavy atom. The minimum Gasteiger partial charge on any atom is -0.0620 e. The second kappa shape index (κ2) is 4.35. The molecule has 0 amide bonds. The van der Waals surface area contributed by atoms with Crippen LogP contribution in [0.4, 0.5) is 0 Å². The fourth-order valence-electron chi connectivity index (χ4n) is 1.76. The van der Waals surface area contributed by atoms with E-state index in [0.29, 0.717) is 0 Å². The van der Waals surface area contributed by atoms with E-state index in [9.17, 15) is 0 Å². The highest BCUT2D eigenvalue weighted by molar-refractivity contribution is 14.1. The largest absolute Gasteiger partial charge is 0.0620 e. The van der Waals surface area contributed by atoms with Crippen LogP contribution < -0.4 is 0 Å². The van der Waals surface area contributed by atoms with Crippen molar-refractivity contribution in [3.63, 3.8) is 0 Å². The van der Waals surface area contributed by atoms with Gasteiger partial charge in [-0.25, -0.2) is 0 Å². The molecule has 0 aromatic heterocycles. The van der Waals surface area contributed by atoms with Crippen LogP contribution in [0, 0.1) is 17.4 Å². The van der Waals surface area contributed by atoms with E-state index >= 15 is 0 Å². The number of hydrogen-bond donors (Lipinski definition) is 0. The van der Waals surface area contributed by atoms with Gasteiger partial charge in [0.05, 0.1) is 0 Å². The monoisotopic (exact) mass is 308 g/mol. The molecule has 0 saturated heterocycles. The van der Waals surface area contributed by atoms with Gasteiger partial charge in [0.1, 0.15) is 0 Å². The third-order valence-corrected chi connectivity index (χ3v) is 3.31. The van der Waals surface area contributed by atoms with Crippen molar-refractivity contribution in [2.75, 3.05) is 0 Å². The molecular formula is C14H13I. The Balaban J connectivity index is 2.64. The Bertz CT molecular complexity index is 486. The Morgan fingerprint density at radius 2 is 1.47 bits per heavy atom. The van der Waals surface area contributed by atoms with E-state index in [1.807, 2.05) is 0 Å². The predicted molar refractivity (Wildman–Crippen MR) is 74.1 cm³/mol. The maximum Gasteiger partial charge on any atom is 0.0136 e. The van der Waals surface area contributed by atoms with E-state index in [2.05, 4.69) is 78.9 Å². The summed E-state index contributed by atoms with van der Waals surface area (Å²) in [4.78, 5) is 0. The molecule has 2 rings (SSSR count). The van der Waals surface area contributed by atoms with Crippen molar-refractivity contribution < 1.29 is 0 Å². The van der Waals surface area contributed by atoms with Crippen LogP contribution in [-0.2, 0) is 0 Å². The molecule has 2 aromatic carbocycles. The van der Waals surface area contributed by atoms with Gasteiger partial charge in [-0.2, -0.15) is 0 Å². The Labute approximate surface area is 104 Å². The molecule has 0 aliphatic heterocycles. The summed E-state index contributed by atoms with van der Waals surface area (Å²) >= 11 is 2.36. The van der Waals surface area contributed by atoms with E-state index in [4.69, 9.17) is 0 Å². The van der Waals surface area contributed by atoms with Gasteiger partial charge in [-0.15, -0.1) is 0 Å². The first-order valence-electron chi connectivity index (χ1n) is 5.00. The third kappa shape index (κ3) is 2.23. The first-order valence-corrected chi connectivity index (χ1v) is 6.08. The molecule has 0 aliphatic rings. The lowest BCUT2D eigenvalue weighted by atomic mass is 9.97. The topological polar surface area (TPSA) is 0 Å². The van der Waals surface area contributed by atoms with Gasteiger partial charge in [0.25, 0.3) is 0 Å². The molecule has 0 aliphatic carbocycles. The molecule has 2 aromatic rings. The van der Waals surface area contributed by atoms with Crippen molar-refractivity contribution in [1.82, 2.24) is 0 Å². The predicted octanol–water partition coefficient (Wildman–Crippen LogP) is 4.58. The van der Waals surface area contributed by atoms with E-state index in [0.717, 1.165) is 0 Å². The second-order valence-electron chi connectivity index (χ2n) is 3.77. The van der Waals surface area contributed by atoms with Crippen LogP contribution in [-0.4, -0.2) is 0 Å². The van der Waals surface area contributed by atoms with Crippen molar-refractivity contribution in [2.24, 2.45) is 0 Å². The molecule has 1 heteroatoms. The zero-order valence-electron chi connectivity index (χ0n) is 8.92. The summed E-state index contributed by atoms with van der Waals surface area (Å²) < 4.78 is 1.29. The van der Waals surface area contributed by atoms with E-state index in [1.165, 1.54) is 25.8 Å². The van der Waals surface area contributed by atoms with Crippen LogP contribution in [0.1, 0.15) is 11.1 Å². The summed E-state index contributed by atoms with van der Waals surface area (Å²) in [5, 5.41) is 0. The third-order valence-electron chi connectivity index (χ3n) is 2.63. The molecule has 0 heterocycles. The molecule has 0 nitrogen and oxygen atoms in total. The Hall–Kier alpha value is -0.830. The van der Waals surface area contributed by atoms with Crippen LogP contribution >= 0.6 is 22.6 Å². The zero-order chi connectivity index (χ0) is 10.8. The highest BCUT2D eigenvalue weighted by Crippen LogP contribution is 2.27. The number of aryl methyl sites for hydroxylation is 2. The molecule has 0 unspecified atom stereocenters. The van der Waals surface area contributed by atoms with Crippen molar-refractivity contribution in [3.8, 4) is 11.1 Å². The fraction of sp³-hybridized carbons (Fsp3) is 0.143. The summed E-state index contributed by atoms with van der Waals surface area (Å²) in [6.45, 7) is 4.33. The minimum absolute atomic E-state index is 1.29. The number of hydrogen-bond acceptors (Lipinski definition) is 0.